The fourth-order valence-electron chi connectivity index (χ4n) is 2.61. The van der Waals surface area contributed by atoms with E-state index in [1.165, 1.54) is 35.8 Å². The van der Waals surface area contributed by atoms with E-state index in [1.807, 2.05) is 0 Å². The Morgan fingerprint density at radius 1 is 1.42 bits per heavy atom. The lowest BCUT2D eigenvalue weighted by Crippen LogP contribution is -2.18. The van der Waals surface area contributed by atoms with Crippen molar-refractivity contribution in [1.82, 2.24) is 15.1 Å². The van der Waals surface area contributed by atoms with E-state index in [4.69, 9.17) is 0 Å². The highest BCUT2D eigenvalue weighted by Gasteiger charge is 2.13. The van der Waals surface area contributed by atoms with E-state index in [0.29, 0.717) is 0 Å². The van der Waals surface area contributed by atoms with Gasteiger partial charge >= 0.3 is 0 Å². The molecule has 0 amide bonds. The van der Waals surface area contributed by atoms with E-state index in [2.05, 4.69) is 51.0 Å². The summed E-state index contributed by atoms with van der Waals surface area (Å²) in [6.45, 7) is 7.19. The maximum atomic E-state index is 4.62. The second-order valence-corrected chi connectivity index (χ2v) is 5.85. The van der Waals surface area contributed by atoms with Crippen LogP contribution in [0.1, 0.15) is 50.9 Å². The summed E-state index contributed by atoms with van der Waals surface area (Å²) in [7, 11) is 0. The molecule has 1 heterocycles. The highest BCUT2D eigenvalue weighted by molar-refractivity contribution is 9.10. The van der Waals surface area contributed by atoms with E-state index < -0.39 is 0 Å². The Bertz CT molecular complexity index is 448. The molecule has 1 N–H and O–H groups in total. The molecule has 0 aromatic carbocycles. The second kappa shape index (κ2) is 7.25. The van der Waals surface area contributed by atoms with Gasteiger partial charge in [-0.05, 0) is 61.5 Å². The van der Waals surface area contributed by atoms with Gasteiger partial charge in [-0.2, -0.15) is 5.10 Å². The Balaban J connectivity index is 1.86. The molecule has 1 aromatic heterocycles. The topological polar surface area (TPSA) is 29.9 Å². The van der Waals surface area contributed by atoms with Crippen LogP contribution < -0.4 is 5.32 Å². The normalized spacial score (nSPS) is 15.0. The summed E-state index contributed by atoms with van der Waals surface area (Å²) in [5.74, 6) is 0. The molecule has 1 aromatic rings. The molecule has 1 aliphatic rings. The minimum atomic E-state index is 0.898. The molecule has 0 atom stereocenters. The summed E-state index contributed by atoms with van der Waals surface area (Å²) in [6.07, 6.45) is 8.51. The first-order chi connectivity index (χ1) is 9.26. The summed E-state index contributed by atoms with van der Waals surface area (Å²) in [5, 5.41) is 8.17. The predicted octanol–water partition coefficient (Wildman–Crippen LogP) is 3.82. The third kappa shape index (κ3) is 3.69. The van der Waals surface area contributed by atoms with E-state index in [-0.39, 0.29) is 0 Å². The summed E-state index contributed by atoms with van der Waals surface area (Å²) < 4.78 is 3.29. The zero-order valence-corrected chi connectivity index (χ0v) is 13.6. The van der Waals surface area contributed by atoms with E-state index in [0.717, 1.165) is 31.7 Å². The van der Waals surface area contributed by atoms with Crippen molar-refractivity contribution >= 4 is 15.9 Å². The zero-order chi connectivity index (χ0) is 13.7. The van der Waals surface area contributed by atoms with Crippen LogP contribution in [0.4, 0.5) is 0 Å². The first-order valence-corrected chi connectivity index (χ1v) is 8.18. The molecule has 3 nitrogen and oxygen atoms in total. The van der Waals surface area contributed by atoms with Crippen LogP contribution in [0.3, 0.4) is 0 Å². The van der Waals surface area contributed by atoms with Crippen molar-refractivity contribution in [2.24, 2.45) is 0 Å². The van der Waals surface area contributed by atoms with Gasteiger partial charge in [0.25, 0.3) is 0 Å². The number of nitrogens with one attached hydrogen (secondary N) is 1. The molecule has 19 heavy (non-hydrogen) atoms. The van der Waals surface area contributed by atoms with Gasteiger partial charge in [0, 0.05) is 13.1 Å². The Morgan fingerprint density at radius 2 is 2.26 bits per heavy atom. The molecule has 0 spiro atoms. The van der Waals surface area contributed by atoms with Crippen molar-refractivity contribution in [2.75, 3.05) is 6.54 Å². The van der Waals surface area contributed by atoms with Crippen molar-refractivity contribution in [3.8, 4) is 0 Å². The summed E-state index contributed by atoms with van der Waals surface area (Å²) in [5.41, 5.74) is 4.07. The van der Waals surface area contributed by atoms with Gasteiger partial charge in [0.2, 0.25) is 0 Å². The van der Waals surface area contributed by atoms with Gasteiger partial charge in [0.1, 0.15) is 0 Å². The van der Waals surface area contributed by atoms with Gasteiger partial charge in [-0.1, -0.05) is 18.6 Å². The number of allylic oxidation sites excluding steroid dienone is 1. The Labute approximate surface area is 124 Å². The third-order valence-electron chi connectivity index (χ3n) is 3.74. The first-order valence-electron chi connectivity index (χ1n) is 7.38. The lowest BCUT2D eigenvalue weighted by atomic mass is 10.2. The van der Waals surface area contributed by atoms with Gasteiger partial charge in [-0.25, -0.2) is 0 Å². The molecule has 0 fully saturated rings. The summed E-state index contributed by atoms with van der Waals surface area (Å²) in [6, 6.07) is 0. The number of hydrogen-bond acceptors (Lipinski definition) is 2. The Morgan fingerprint density at radius 3 is 2.89 bits per heavy atom. The lowest BCUT2D eigenvalue weighted by Gasteiger charge is -2.08. The molecule has 106 valence electrons. The van der Waals surface area contributed by atoms with Gasteiger partial charge in [-0.15, -0.1) is 0 Å². The van der Waals surface area contributed by atoms with E-state index in [1.54, 1.807) is 5.57 Å². The average molecular weight is 326 g/mol. The minimum Gasteiger partial charge on any atom is -0.311 e. The van der Waals surface area contributed by atoms with Crippen molar-refractivity contribution in [3.63, 3.8) is 0 Å². The van der Waals surface area contributed by atoms with Gasteiger partial charge in [0.15, 0.2) is 0 Å². The molecule has 2 rings (SSSR count). The van der Waals surface area contributed by atoms with Crippen molar-refractivity contribution < 1.29 is 0 Å². The molecule has 0 aliphatic heterocycles. The zero-order valence-electron chi connectivity index (χ0n) is 12.0. The molecular weight excluding hydrogens is 302 g/mol. The smallest absolute Gasteiger partial charge is 0.0767 e. The fourth-order valence-corrected chi connectivity index (χ4v) is 3.31. The SMILES string of the molecule is CCc1nn(CC)c(CNCCC2=CCCC2)c1Br. The molecule has 0 bridgehead atoms. The van der Waals surface area contributed by atoms with Gasteiger partial charge in [0.05, 0.1) is 15.9 Å². The van der Waals surface area contributed by atoms with Crippen molar-refractivity contribution in [2.45, 2.75) is 59.0 Å². The van der Waals surface area contributed by atoms with E-state index in [9.17, 15) is 0 Å². The monoisotopic (exact) mass is 325 g/mol. The molecule has 0 saturated heterocycles. The maximum absolute atomic E-state index is 4.62. The Hall–Kier alpha value is -0.610. The largest absolute Gasteiger partial charge is 0.311 e. The van der Waals surface area contributed by atoms with Crippen LogP contribution in [0.2, 0.25) is 0 Å². The lowest BCUT2D eigenvalue weighted by molar-refractivity contribution is 0.576. The van der Waals surface area contributed by atoms with Crippen LogP contribution in [-0.2, 0) is 19.5 Å². The van der Waals surface area contributed by atoms with Crippen molar-refractivity contribution in [1.29, 1.82) is 0 Å². The number of aromatic nitrogens is 2. The number of hydrogen-bond donors (Lipinski definition) is 1. The molecule has 0 unspecified atom stereocenters. The number of halogens is 1. The number of rotatable bonds is 7. The van der Waals surface area contributed by atoms with Gasteiger partial charge in [-0.3, -0.25) is 4.68 Å². The number of nitrogens with zero attached hydrogens (tertiary/aromatic N) is 2. The number of aryl methyl sites for hydroxylation is 2. The third-order valence-corrected chi connectivity index (χ3v) is 4.66. The van der Waals surface area contributed by atoms with Crippen molar-refractivity contribution in [3.05, 3.63) is 27.5 Å². The Kier molecular flexibility index (Phi) is 5.64. The molecule has 1 aliphatic carbocycles. The second-order valence-electron chi connectivity index (χ2n) is 5.06. The highest BCUT2D eigenvalue weighted by Crippen LogP contribution is 2.23. The van der Waals surface area contributed by atoms with Crippen LogP contribution in [0.5, 0.6) is 0 Å². The molecule has 0 saturated carbocycles. The first kappa shape index (κ1) is 14.8. The molecular formula is C15H24BrN3. The fraction of sp³-hybridized carbons (Fsp3) is 0.667. The highest BCUT2D eigenvalue weighted by atomic mass is 79.9. The maximum Gasteiger partial charge on any atom is 0.0767 e. The molecule has 0 radical (unpaired) electrons. The molecule has 4 heteroatoms. The van der Waals surface area contributed by atoms with E-state index >= 15 is 0 Å². The quantitative estimate of drug-likeness (QED) is 0.610. The van der Waals surface area contributed by atoms with Crippen LogP contribution in [0.25, 0.3) is 0 Å². The van der Waals surface area contributed by atoms with Crippen LogP contribution in [-0.4, -0.2) is 16.3 Å². The van der Waals surface area contributed by atoms with Crippen LogP contribution >= 0.6 is 15.9 Å². The van der Waals surface area contributed by atoms with Crippen LogP contribution in [0.15, 0.2) is 16.1 Å². The standard InChI is InChI=1S/C15H24BrN3/c1-3-13-15(16)14(19(4-2)18-13)11-17-10-9-12-7-5-6-8-12/h7,17H,3-6,8-11H2,1-2H3. The summed E-state index contributed by atoms with van der Waals surface area (Å²) >= 11 is 3.69. The van der Waals surface area contributed by atoms with Gasteiger partial charge < -0.3 is 5.32 Å². The van der Waals surface area contributed by atoms with Crippen LogP contribution in [0, 0.1) is 0 Å². The predicted molar refractivity (Wildman–Crippen MR) is 83.2 cm³/mol. The minimum absolute atomic E-state index is 0.898. The average Bonchev–Trinajstić information content (AvgIpc) is 3.03. The summed E-state index contributed by atoms with van der Waals surface area (Å²) in [4.78, 5) is 0.